The van der Waals surface area contributed by atoms with Crippen LogP contribution in [0, 0.1) is 11.3 Å². The van der Waals surface area contributed by atoms with Gasteiger partial charge >= 0.3 is 156 Å². The number of rotatable bonds is 10. The summed E-state index contributed by atoms with van der Waals surface area (Å²) in [6.45, 7) is 6.94. The van der Waals surface area contributed by atoms with Crippen LogP contribution in [0.1, 0.15) is 64.2 Å². The topological polar surface area (TPSA) is 36.7 Å². The third-order valence-electron chi connectivity index (χ3n) is 5.15. The van der Waals surface area contributed by atoms with Crippen molar-refractivity contribution in [3.05, 3.63) is 23.3 Å². The van der Waals surface area contributed by atoms with Gasteiger partial charge in [-0.2, -0.15) is 0 Å². The van der Waals surface area contributed by atoms with E-state index in [4.69, 9.17) is 0 Å². The SMILES string of the molecule is CCC[CH2][Sn]([CH2]CCC)([CH2]CCC)[c]1cncc2sc(C#N)cc12. The zero-order valence-electron chi connectivity index (χ0n) is 15.4. The second-order valence-corrected chi connectivity index (χ2v) is 21.1. The maximum atomic E-state index is 9.31. The third kappa shape index (κ3) is 4.52. The molecular weight excluding hydrogens is 419 g/mol. The summed E-state index contributed by atoms with van der Waals surface area (Å²) in [5, 5.41) is 10.7. The number of nitrogens with zero attached hydrogens (tertiary/aromatic N) is 2. The number of pyridine rings is 1. The summed E-state index contributed by atoms with van der Waals surface area (Å²) in [5.41, 5.74) is 0. The maximum absolute atomic E-state index is 9.31. The number of thiophene rings is 1. The molecule has 0 saturated heterocycles. The van der Waals surface area contributed by atoms with Gasteiger partial charge in [-0.1, -0.05) is 0 Å². The van der Waals surface area contributed by atoms with E-state index in [9.17, 15) is 5.26 Å². The molecule has 0 bridgehead atoms. The molecule has 2 nitrogen and oxygen atoms in total. The molecule has 0 aliphatic heterocycles. The van der Waals surface area contributed by atoms with E-state index in [1.165, 1.54) is 61.9 Å². The fourth-order valence-electron chi connectivity index (χ4n) is 3.76. The van der Waals surface area contributed by atoms with E-state index >= 15 is 0 Å². The van der Waals surface area contributed by atoms with Crippen LogP contribution >= 0.6 is 11.3 Å². The molecule has 0 aromatic carbocycles. The standard InChI is InChI=1S/C8H3N2S.3C4H9.Sn/c9-4-7-3-6-1-2-10-5-8(6)11-7;3*1-3-4-2;/h2-3,5H;3*1,3-4H2,2H3;. The van der Waals surface area contributed by atoms with Crippen LogP contribution in [0.15, 0.2) is 18.5 Å². The number of hydrogen-bond acceptors (Lipinski definition) is 3. The van der Waals surface area contributed by atoms with Crippen LogP contribution in [-0.4, -0.2) is 23.4 Å². The summed E-state index contributed by atoms with van der Waals surface area (Å²) in [6.07, 6.45) is 12.1. The van der Waals surface area contributed by atoms with Crippen molar-refractivity contribution in [2.75, 3.05) is 0 Å². The third-order valence-corrected chi connectivity index (χ3v) is 21.7. The zero-order chi connectivity index (χ0) is 17.4. The fraction of sp³-hybridized carbons (Fsp3) is 0.600. The Morgan fingerprint density at radius 1 is 1.00 bits per heavy atom. The minimum absolute atomic E-state index is 0.834. The van der Waals surface area contributed by atoms with Gasteiger partial charge in [-0.15, -0.1) is 0 Å². The first kappa shape index (κ1) is 19.7. The van der Waals surface area contributed by atoms with Crippen LogP contribution in [0.4, 0.5) is 0 Å². The molecule has 0 N–H and O–H groups in total. The molecule has 2 heterocycles. The number of nitriles is 1. The Hall–Kier alpha value is -0.601. The molecule has 0 aliphatic carbocycles. The molecule has 2 rings (SSSR count). The predicted molar refractivity (Wildman–Crippen MR) is 109 cm³/mol. The van der Waals surface area contributed by atoms with E-state index in [-0.39, 0.29) is 0 Å². The Labute approximate surface area is 155 Å². The van der Waals surface area contributed by atoms with Gasteiger partial charge in [-0.3, -0.25) is 0 Å². The Morgan fingerprint density at radius 2 is 1.58 bits per heavy atom. The van der Waals surface area contributed by atoms with Crippen LogP contribution < -0.4 is 3.58 Å². The monoisotopic (exact) mass is 450 g/mol. The Kier molecular flexibility index (Phi) is 8.03. The van der Waals surface area contributed by atoms with Crippen molar-refractivity contribution in [2.24, 2.45) is 0 Å². The van der Waals surface area contributed by atoms with Crippen molar-refractivity contribution < 1.29 is 0 Å². The summed E-state index contributed by atoms with van der Waals surface area (Å²) in [5.74, 6) is 0. The van der Waals surface area contributed by atoms with Crippen molar-refractivity contribution in [3.63, 3.8) is 0 Å². The summed E-state index contributed by atoms with van der Waals surface area (Å²) < 4.78 is 7.17. The predicted octanol–water partition coefficient (Wildman–Crippen LogP) is 6.22. The van der Waals surface area contributed by atoms with Gasteiger partial charge in [0.25, 0.3) is 0 Å². The molecule has 0 amide bonds. The van der Waals surface area contributed by atoms with Crippen LogP contribution in [0.2, 0.25) is 13.3 Å². The zero-order valence-corrected chi connectivity index (χ0v) is 19.1. The van der Waals surface area contributed by atoms with Crippen LogP contribution in [0.5, 0.6) is 0 Å². The van der Waals surface area contributed by atoms with Gasteiger partial charge < -0.3 is 0 Å². The van der Waals surface area contributed by atoms with E-state index in [2.05, 4.69) is 44.1 Å². The first-order valence-electron chi connectivity index (χ1n) is 9.48. The molecule has 0 atom stereocenters. The molecule has 0 saturated carbocycles. The number of hydrogen-bond donors (Lipinski definition) is 0. The van der Waals surface area contributed by atoms with Gasteiger partial charge in [0, 0.05) is 0 Å². The number of fused-ring (bicyclic) bond motifs is 1. The van der Waals surface area contributed by atoms with Crippen molar-refractivity contribution in [1.82, 2.24) is 4.98 Å². The summed E-state index contributed by atoms with van der Waals surface area (Å²) in [7, 11) is 0. The summed E-state index contributed by atoms with van der Waals surface area (Å²) >= 11 is -0.870. The van der Waals surface area contributed by atoms with Gasteiger partial charge in [0.05, 0.1) is 0 Å². The van der Waals surface area contributed by atoms with E-state index < -0.39 is 18.4 Å². The molecule has 4 heteroatoms. The first-order valence-corrected chi connectivity index (χ1v) is 17.8. The van der Waals surface area contributed by atoms with Crippen molar-refractivity contribution in [3.8, 4) is 6.07 Å². The van der Waals surface area contributed by atoms with E-state index in [0.29, 0.717) is 0 Å². The summed E-state index contributed by atoms with van der Waals surface area (Å²) in [4.78, 5) is 5.44. The molecule has 0 unspecified atom stereocenters. The van der Waals surface area contributed by atoms with Gasteiger partial charge in [0.15, 0.2) is 0 Å². The Morgan fingerprint density at radius 3 is 2.08 bits per heavy atom. The Balaban J connectivity index is 2.54. The molecule has 2 aromatic rings. The average Bonchev–Trinajstić information content (AvgIpc) is 3.05. The van der Waals surface area contributed by atoms with E-state index in [0.717, 1.165) is 4.88 Å². The summed E-state index contributed by atoms with van der Waals surface area (Å²) in [6, 6.07) is 4.48. The minimum atomic E-state index is -2.48. The molecule has 2 aromatic heterocycles. The van der Waals surface area contributed by atoms with Gasteiger partial charge in [-0.05, 0) is 0 Å². The molecule has 130 valence electrons. The van der Waals surface area contributed by atoms with E-state index in [1.807, 2.05) is 6.20 Å². The van der Waals surface area contributed by atoms with Crippen molar-refractivity contribution >= 4 is 43.4 Å². The molecule has 24 heavy (non-hydrogen) atoms. The normalized spacial score (nSPS) is 11.8. The number of aromatic nitrogens is 1. The first-order chi connectivity index (χ1) is 11.7. The van der Waals surface area contributed by atoms with Gasteiger partial charge in [-0.25, -0.2) is 0 Å². The molecule has 0 fully saturated rings. The fourth-order valence-corrected chi connectivity index (χ4v) is 21.4. The van der Waals surface area contributed by atoms with Crippen molar-refractivity contribution in [1.29, 1.82) is 5.26 Å². The van der Waals surface area contributed by atoms with E-state index in [1.54, 1.807) is 14.9 Å². The van der Waals surface area contributed by atoms with Crippen LogP contribution in [0.25, 0.3) is 10.1 Å². The number of unbranched alkanes of at least 4 members (excludes halogenated alkanes) is 3. The second kappa shape index (κ2) is 9.77. The van der Waals surface area contributed by atoms with Crippen molar-refractivity contribution in [2.45, 2.75) is 72.6 Å². The Bertz CT molecular complexity index is 665. The van der Waals surface area contributed by atoms with Gasteiger partial charge in [0.2, 0.25) is 0 Å². The molecule has 0 aliphatic rings. The second-order valence-electron chi connectivity index (χ2n) is 6.91. The molecular formula is C20H30N2SSn. The van der Waals surface area contributed by atoms with Crippen LogP contribution in [0.3, 0.4) is 0 Å². The quantitative estimate of drug-likeness (QED) is 0.404. The average molecular weight is 449 g/mol. The molecule has 0 radical (unpaired) electrons. The van der Waals surface area contributed by atoms with Gasteiger partial charge in [0.1, 0.15) is 0 Å². The van der Waals surface area contributed by atoms with Crippen LogP contribution in [-0.2, 0) is 0 Å². The molecule has 0 spiro atoms.